The van der Waals surface area contributed by atoms with Crippen LogP contribution in [0.25, 0.3) is 0 Å². The number of ether oxygens (including phenoxy) is 3. The normalized spacial score (nSPS) is 16.1. The van der Waals surface area contributed by atoms with E-state index in [1.54, 1.807) is 9.80 Å². The molecule has 2 rings (SSSR count). The summed E-state index contributed by atoms with van der Waals surface area (Å²) in [7, 11) is 1.36. The zero-order valence-electron chi connectivity index (χ0n) is 30.7. The van der Waals surface area contributed by atoms with Crippen LogP contribution < -0.4 is 10.6 Å². The van der Waals surface area contributed by atoms with E-state index in [9.17, 15) is 28.8 Å². The molecule has 2 atom stereocenters. The number of rotatable bonds is 20. The van der Waals surface area contributed by atoms with E-state index in [1.807, 2.05) is 0 Å². The molecule has 2 aliphatic rings. The Morgan fingerprint density at radius 3 is 1.57 bits per heavy atom. The van der Waals surface area contributed by atoms with Crippen molar-refractivity contribution >= 4 is 35.9 Å². The first-order valence-electron chi connectivity index (χ1n) is 18.2. The number of esters is 1. The number of unbranched alkanes of at least 4 members (excludes halogenated alkanes) is 6. The van der Waals surface area contributed by atoms with E-state index in [-0.39, 0.29) is 56.0 Å². The number of likely N-dealkylation sites (tertiary alicyclic amines) is 2. The fraction of sp³-hybridized carbons (Fsp3) is 0.730. The first-order chi connectivity index (χ1) is 24.6. The number of nitrogens with one attached hydrogen (secondary N) is 2. The highest BCUT2D eigenvalue weighted by atomic mass is 16.6. The van der Waals surface area contributed by atoms with Crippen LogP contribution in [0.1, 0.15) is 117 Å². The molecule has 4 amide bonds. The van der Waals surface area contributed by atoms with Gasteiger partial charge in [-0.15, -0.1) is 11.8 Å². The van der Waals surface area contributed by atoms with Crippen molar-refractivity contribution in [2.24, 2.45) is 0 Å². The molecule has 14 heteroatoms. The van der Waals surface area contributed by atoms with Gasteiger partial charge in [-0.25, -0.2) is 9.59 Å². The number of carbonyl (C=O) groups excluding carboxylic acids is 5. The van der Waals surface area contributed by atoms with Crippen molar-refractivity contribution in [3.8, 4) is 23.7 Å². The lowest BCUT2D eigenvalue weighted by Gasteiger charge is -2.22. The lowest BCUT2D eigenvalue weighted by Crippen LogP contribution is -2.38. The first-order valence-corrected chi connectivity index (χ1v) is 18.2. The highest BCUT2D eigenvalue weighted by Gasteiger charge is 2.32. The van der Waals surface area contributed by atoms with Crippen LogP contribution in [0.2, 0.25) is 0 Å². The maximum atomic E-state index is 12.0. The fourth-order valence-electron chi connectivity index (χ4n) is 5.15. The summed E-state index contributed by atoms with van der Waals surface area (Å²) in [4.78, 5) is 71.9. The van der Waals surface area contributed by atoms with Gasteiger partial charge in [0, 0.05) is 51.6 Å². The quantitative estimate of drug-likeness (QED) is 0.0707. The predicted octanol–water partition coefficient (Wildman–Crippen LogP) is 4.39. The van der Waals surface area contributed by atoms with Gasteiger partial charge in [-0.3, -0.25) is 19.2 Å². The predicted molar refractivity (Wildman–Crippen MR) is 190 cm³/mol. The molecule has 0 aromatic heterocycles. The number of hydrogen-bond acceptors (Lipinski definition) is 9. The third-order valence-corrected chi connectivity index (χ3v) is 8.17. The molecular weight excluding hydrogens is 660 g/mol. The van der Waals surface area contributed by atoms with Gasteiger partial charge in [-0.05, 0) is 38.5 Å². The van der Waals surface area contributed by atoms with Crippen molar-refractivity contribution in [1.82, 2.24) is 20.4 Å². The van der Waals surface area contributed by atoms with E-state index in [2.05, 4.69) is 52.9 Å². The SMILES string of the molecule is CCCCCNC(=O)OCC1CCC(=O)N1CC#CCCCC(=O)O.CCCCCNC(=O)OCC1CCC(=O)N1CC#CCCCC(=O)OC. The average molecular weight is 719 g/mol. The van der Waals surface area contributed by atoms with Crippen molar-refractivity contribution in [2.75, 3.05) is 46.5 Å². The molecule has 2 unspecified atom stereocenters. The van der Waals surface area contributed by atoms with Gasteiger partial charge in [-0.1, -0.05) is 51.4 Å². The number of carbonyl (C=O) groups is 6. The smallest absolute Gasteiger partial charge is 0.407 e. The van der Waals surface area contributed by atoms with Gasteiger partial charge in [0.05, 0.1) is 32.3 Å². The molecule has 0 saturated carbocycles. The summed E-state index contributed by atoms with van der Waals surface area (Å²) in [5, 5.41) is 14.0. The zero-order chi connectivity index (χ0) is 37.7. The van der Waals surface area contributed by atoms with E-state index < -0.39 is 18.2 Å². The topological polar surface area (TPSA) is 181 Å². The van der Waals surface area contributed by atoms with Crippen LogP contribution in [0, 0.1) is 23.7 Å². The summed E-state index contributed by atoms with van der Waals surface area (Å²) in [6.45, 7) is 6.38. The van der Waals surface area contributed by atoms with E-state index in [1.165, 1.54) is 7.11 Å². The first kappa shape index (κ1) is 44.6. The van der Waals surface area contributed by atoms with Crippen LogP contribution in [0.5, 0.6) is 0 Å². The summed E-state index contributed by atoms with van der Waals surface area (Å²) in [5.74, 6) is 10.7. The standard InChI is InChI=1S/C19H30N2O5.C18H28N2O5/c1-3-4-8-13-20-19(24)26-15-16-11-12-17(22)21(16)14-9-6-5-7-10-18(23)25-2;1-2-3-7-12-19-18(24)25-14-15-10-11-16(21)20(15)13-8-5-4-6-9-17(22)23/h16H,3-5,7-8,10-15H2,1-2H3,(H,20,24);15H,2-4,6-7,9-14H2,1H3,(H,19,24)(H,22,23). The highest BCUT2D eigenvalue weighted by Crippen LogP contribution is 2.19. The number of amides is 4. The molecule has 51 heavy (non-hydrogen) atoms. The van der Waals surface area contributed by atoms with Crippen LogP contribution in [0.3, 0.4) is 0 Å². The second-order valence-electron chi connectivity index (χ2n) is 12.3. The molecule has 3 N–H and O–H groups in total. The largest absolute Gasteiger partial charge is 0.481 e. The Balaban J connectivity index is 0.000000510. The Labute approximate surface area is 303 Å². The van der Waals surface area contributed by atoms with Crippen LogP contribution in [-0.2, 0) is 33.4 Å². The van der Waals surface area contributed by atoms with Crippen molar-refractivity contribution < 1.29 is 48.1 Å². The Bertz CT molecular complexity index is 1220. The molecule has 14 nitrogen and oxygen atoms in total. The zero-order valence-corrected chi connectivity index (χ0v) is 30.7. The summed E-state index contributed by atoms with van der Waals surface area (Å²) in [5.41, 5.74) is 0. The Morgan fingerprint density at radius 1 is 0.706 bits per heavy atom. The molecule has 0 aliphatic carbocycles. The highest BCUT2D eigenvalue weighted by molar-refractivity contribution is 5.79. The Kier molecular flexibility index (Phi) is 24.7. The van der Waals surface area contributed by atoms with Crippen molar-refractivity contribution in [2.45, 2.75) is 129 Å². The monoisotopic (exact) mass is 718 g/mol. The number of carboxylic acid groups (broad SMARTS) is 1. The molecule has 0 aromatic carbocycles. The van der Waals surface area contributed by atoms with Gasteiger partial charge in [0.2, 0.25) is 11.8 Å². The van der Waals surface area contributed by atoms with E-state index in [0.29, 0.717) is 77.4 Å². The summed E-state index contributed by atoms with van der Waals surface area (Å²) >= 11 is 0. The summed E-state index contributed by atoms with van der Waals surface area (Å²) in [6, 6.07) is -0.254. The van der Waals surface area contributed by atoms with E-state index in [0.717, 1.165) is 38.5 Å². The molecular formula is C37H58N4O10. The molecule has 2 heterocycles. The third kappa shape index (κ3) is 21.4. The van der Waals surface area contributed by atoms with Gasteiger partial charge in [0.15, 0.2) is 0 Å². The molecule has 0 spiro atoms. The van der Waals surface area contributed by atoms with Gasteiger partial charge < -0.3 is 39.8 Å². The minimum absolute atomic E-state index is 0.0109. The van der Waals surface area contributed by atoms with E-state index >= 15 is 0 Å². The molecule has 0 bridgehead atoms. The fourth-order valence-corrected chi connectivity index (χ4v) is 5.15. The molecule has 286 valence electrons. The summed E-state index contributed by atoms with van der Waals surface area (Å²) < 4.78 is 15.0. The molecule has 2 saturated heterocycles. The molecule has 0 radical (unpaired) electrons. The second-order valence-corrected chi connectivity index (χ2v) is 12.3. The van der Waals surface area contributed by atoms with Crippen LogP contribution in [0.4, 0.5) is 9.59 Å². The van der Waals surface area contributed by atoms with Crippen LogP contribution >= 0.6 is 0 Å². The lowest BCUT2D eigenvalue weighted by molar-refractivity contribution is -0.141. The Hall–Kier alpha value is -4.46. The Morgan fingerprint density at radius 2 is 1.16 bits per heavy atom. The number of alkyl carbamates (subject to hydrolysis) is 2. The number of aliphatic carboxylic acids is 1. The van der Waals surface area contributed by atoms with E-state index in [4.69, 9.17) is 14.6 Å². The lowest BCUT2D eigenvalue weighted by atomic mass is 10.2. The number of carboxylic acids is 1. The second kappa shape index (κ2) is 28.3. The third-order valence-electron chi connectivity index (χ3n) is 8.17. The minimum atomic E-state index is -0.832. The van der Waals surface area contributed by atoms with Crippen LogP contribution in [-0.4, -0.2) is 109 Å². The number of hydrogen-bond donors (Lipinski definition) is 3. The molecule has 2 aliphatic heterocycles. The van der Waals surface area contributed by atoms with Gasteiger partial charge >= 0.3 is 24.1 Å². The maximum absolute atomic E-state index is 12.0. The minimum Gasteiger partial charge on any atom is -0.481 e. The summed E-state index contributed by atoms with van der Waals surface area (Å²) in [6.07, 6.45) is 10.2. The van der Waals surface area contributed by atoms with Gasteiger partial charge in [-0.2, -0.15) is 0 Å². The number of methoxy groups -OCH3 is 1. The van der Waals surface area contributed by atoms with Gasteiger partial charge in [0.25, 0.3) is 0 Å². The van der Waals surface area contributed by atoms with Crippen molar-refractivity contribution in [1.29, 1.82) is 0 Å². The maximum Gasteiger partial charge on any atom is 0.407 e. The molecule has 0 aromatic rings. The van der Waals surface area contributed by atoms with Crippen LogP contribution in [0.15, 0.2) is 0 Å². The van der Waals surface area contributed by atoms with Crippen molar-refractivity contribution in [3.63, 3.8) is 0 Å². The average Bonchev–Trinajstić information content (AvgIpc) is 3.66. The number of nitrogens with zero attached hydrogens (tertiary/aromatic N) is 2. The van der Waals surface area contributed by atoms with Gasteiger partial charge in [0.1, 0.15) is 13.2 Å². The molecule has 2 fully saturated rings. The van der Waals surface area contributed by atoms with Crippen molar-refractivity contribution in [3.05, 3.63) is 0 Å².